The Morgan fingerprint density at radius 2 is 1.92 bits per heavy atom. The van der Waals surface area contributed by atoms with Crippen molar-refractivity contribution in [2.75, 3.05) is 31.1 Å². The van der Waals surface area contributed by atoms with E-state index in [9.17, 15) is 4.79 Å². The molecule has 0 bridgehead atoms. The third kappa shape index (κ3) is 3.64. The number of carbonyl (C=O) groups excluding carboxylic acids is 1. The van der Waals surface area contributed by atoms with Crippen molar-refractivity contribution in [1.82, 2.24) is 10.2 Å². The maximum absolute atomic E-state index is 12.9. The minimum Gasteiger partial charge on any atom is -0.472 e. The van der Waals surface area contributed by atoms with Gasteiger partial charge in [0.1, 0.15) is 0 Å². The predicted octanol–water partition coefficient (Wildman–Crippen LogP) is 3.95. The van der Waals surface area contributed by atoms with E-state index in [0.29, 0.717) is 6.54 Å². The fraction of sp³-hybridized carbons (Fsp3) is 0.286. The van der Waals surface area contributed by atoms with Gasteiger partial charge in [0.05, 0.1) is 18.6 Å². The van der Waals surface area contributed by atoms with E-state index in [1.807, 2.05) is 60.3 Å². The van der Waals surface area contributed by atoms with E-state index in [1.54, 1.807) is 12.5 Å². The van der Waals surface area contributed by atoms with E-state index >= 15 is 0 Å². The molecule has 0 spiro atoms. The molecule has 1 aliphatic heterocycles. The number of nitrogens with one attached hydrogen (secondary N) is 1. The molecule has 3 aromatic rings. The van der Waals surface area contributed by atoms with Crippen LogP contribution in [0.5, 0.6) is 0 Å². The number of rotatable bonds is 5. The van der Waals surface area contributed by atoms with Crippen LogP contribution < -0.4 is 5.32 Å². The fourth-order valence-corrected chi connectivity index (χ4v) is 4.45. The maximum Gasteiger partial charge on any atom is 0.251 e. The van der Waals surface area contributed by atoms with Crippen LogP contribution in [0.2, 0.25) is 0 Å². The summed E-state index contributed by atoms with van der Waals surface area (Å²) in [6.07, 6.45) is 3.49. The lowest BCUT2D eigenvalue weighted by Gasteiger charge is -2.34. The summed E-state index contributed by atoms with van der Waals surface area (Å²) < 4.78 is 5.29. The highest BCUT2D eigenvalue weighted by atomic mass is 32.2. The molecule has 134 valence electrons. The SMILES string of the molecule is O=C(NC[C@H](c1ccoc1)N1CCSCC1)c1cccc2ccccc12. The zero-order valence-corrected chi connectivity index (χ0v) is 15.4. The second-order valence-corrected chi connectivity index (χ2v) is 7.68. The number of benzene rings is 2. The smallest absolute Gasteiger partial charge is 0.251 e. The normalized spacial score (nSPS) is 16.5. The first-order valence-corrected chi connectivity index (χ1v) is 10.1. The largest absolute Gasteiger partial charge is 0.472 e. The Bertz CT molecular complexity index is 867. The highest BCUT2D eigenvalue weighted by molar-refractivity contribution is 7.99. The van der Waals surface area contributed by atoms with Crippen LogP contribution in [0.25, 0.3) is 10.8 Å². The highest BCUT2D eigenvalue weighted by Gasteiger charge is 2.24. The van der Waals surface area contributed by atoms with Crippen LogP contribution in [0.15, 0.2) is 65.5 Å². The summed E-state index contributed by atoms with van der Waals surface area (Å²) in [5, 5.41) is 5.22. The molecule has 1 aromatic heterocycles. The van der Waals surface area contributed by atoms with Gasteiger partial charge in [-0.2, -0.15) is 11.8 Å². The molecule has 0 aliphatic carbocycles. The monoisotopic (exact) mass is 366 g/mol. The second-order valence-electron chi connectivity index (χ2n) is 6.46. The van der Waals surface area contributed by atoms with Gasteiger partial charge in [0.2, 0.25) is 0 Å². The molecule has 1 amide bonds. The molecule has 1 atom stereocenters. The molecule has 2 aromatic carbocycles. The van der Waals surface area contributed by atoms with Gasteiger partial charge in [-0.15, -0.1) is 0 Å². The lowest BCUT2D eigenvalue weighted by atomic mass is 10.0. The summed E-state index contributed by atoms with van der Waals surface area (Å²) in [6.45, 7) is 2.64. The Balaban J connectivity index is 1.52. The average molecular weight is 366 g/mol. The van der Waals surface area contributed by atoms with Crippen molar-refractivity contribution in [1.29, 1.82) is 0 Å². The molecule has 26 heavy (non-hydrogen) atoms. The number of thioether (sulfide) groups is 1. The Morgan fingerprint density at radius 1 is 1.12 bits per heavy atom. The highest BCUT2D eigenvalue weighted by Crippen LogP contribution is 2.25. The molecule has 2 heterocycles. The summed E-state index contributed by atoms with van der Waals surface area (Å²) in [5.41, 5.74) is 1.85. The van der Waals surface area contributed by atoms with Crippen LogP contribution in [-0.4, -0.2) is 41.9 Å². The fourth-order valence-electron chi connectivity index (χ4n) is 3.52. The van der Waals surface area contributed by atoms with Crippen LogP contribution in [0.4, 0.5) is 0 Å². The van der Waals surface area contributed by atoms with E-state index in [1.165, 1.54) is 0 Å². The minimum atomic E-state index is -0.0262. The Labute approximate surface area is 157 Å². The maximum atomic E-state index is 12.9. The molecule has 1 fully saturated rings. The Kier molecular flexibility index (Phi) is 5.27. The summed E-state index contributed by atoms with van der Waals surface area (Å²) in [6, 6.07) is 16.0. The molecule has 0 saturated carbocycles. The Hall–Kier alpha value is -2.24. The van der Waals surface area contributed by atoms with Gasteiger partial charge in [-0.05, 0) is 22.9 Å². The van der Waals surface area contributed by atoms with E-state index in [-0.39, 0.29) is 11.9 Å². The summed E-state index contributed by atoms with van der Waals surface area (Å²) in [4.78, 5) is 15.3. The topological polar surface area (TPSA) is 45.5 Å². The van der Waals surface area contributed by atoms with Crippen molar-refractivity contribution in [2.24, 2.45) is 0 Å². The molecule has 0 unspecified atom stereocenters. The minimum absolute atomic E-state index is 0.0262. The van der Waals surface area contributed by atoms with Crippen LogP contribution in [0.1, 0.15) is 22.0 Å². The molecule has 1 aliphatic rings. The van der Waals surface area contributed by atoms with E-state index in [2.05, 4.69) is 10.2 Å². The number of fused-ring (bicyclic) bond motifs is 1. The van der Waals surface area contributed by atoms with Crippen molar-refractivity contribution >= 4 is 28.4 Å². The molecule has 4 nitrogen and oxygen atoms in total. The molecule has 1 N–H and O–H groups in total. The Morgan fingerprint density at radius 3 is 2.73 bits per heavy atom. The van der Waals surface area contributed by atoms with Crippen LogP contribution >= 0.6 is 11.8 Å². The van der Waals surface area contributed by atoms with Gasteiger partial charge in [-0.1, -0.05) is 36.4 Å². The molecular weight excluding hydrogens is 344 g/mol. The lowest BCUT2D eigenvalue weighted by molar-refractivity contribution is 0.0936. The molecule has 0 radical (unpaired) electrons. The van der Waals surface area contributed by atoms with E-state index in [4.69, 9.17) is 4.42 Å². The number of amides is 1. The first kappa shape index (κ1) is 17.2. The van der Waals surface area contributed by atoms with Gasteiger partial charge in [0, 0.05) is 42.3 Å². The summed E-state index contributed by atoms with van der Waals surface area (Å²) in [5.74, 6) is 2.23. The summed E-state index contributed by atoms with van der Waals surface area (Å²) in [7, 11) is 0. The molecule has 1 saturated heterocycles. The van der Waals surface area contributed by atoms with Crippen molar-refractivity contribution in [3.8, 4) is 0 Å². The first-order valence-electron chi connectivity index (χ1n) is 8.93. The van der Waals surface area contributed by atoms with Gasteiger partial charge >= 0.3 is 0 Å². The predicted molar refractivity (Wildman–Crippen MR) is 107 cm³/mol. The first-order chi connectivity index (χ1) is 12.8. The number of hydrogen-bond donors (Lipinski definition) is 1. The zero-order valence-electron chi connectivity index (χ0n) is 14.6. The number of furan rings is 1. The van der Waals surface area contributed by atoms with E-state index in [0.717, 1.165) is 46.5 Å². The zero-order chi connectivity index (χ0) is 17.8. The molecule has 4 rings (SSSR count). The van der Waals surface area contributed by atoms with Crippen LogP contribution in [-0.2, 0) is 0 Å². The van der Waals surface area contributed by atoms with Gasteiger partial charge in [-0.3, -0.25) is 9.69 Å². The van der Waals surface area contributed by atoms with Crippen molar-refractivity contribution < 1.29 is 9.21 Å². The number of carbonyl (C=O) groups is 1. The third-order valence-corrected chi connectivity index (χ3v) is 5.85. The standard InChI is InChI=1S/C21H22N2O2S/c24-21(19-7-3-5-16-4-1-2-6-18(16)19)22-14-20(17-8-11-25-15-17)23-9-12-26-13-10-23/h1-8,11,15,20H,9-10,12-14H2,(H,22,24)/t20-/m1/s1. The van der Waals surface area contributed by atoms with Crippen molar-refractivity contribution in [2.45, 2.75) is 6.04 Å². The van der Waals surface area contributed by atoms with E-state index < -0.39 is 0 Å². The van der Waals surface area contributed by atoms with Crippen molar-refractivity contribution in [3.05, 3.63) is 72.2 Å². The molecule has 5 heteroatoms. The van der Waals surface area contributed by atoms with Crippen LogP contribution in [0.3, 0.4) is 0 Å². The number of hydrogen-bond acceptors (Lipinski definition) is 4. The average Bonchev–Trinajstić information content (AvgIpc) is 3.23. The van der Waals surface area contributed by atoms with Gasteiger partial charge < -0.3 is 9.73 Å². The second kappa shape index (κ2) is 7.98. The summed E-state index contributed by atoms with van der Waals surface area (Å²) >= 11 is 1.98. The van der Waals surface area contributed by atoms with Gasteiger partial charge in [-0.25, -0.2) is 0 Å². The number of nitrogens with zero attached hydrogens (tertiary/aromatic N) is 1. The third-order valence-electron chi connectivity index (χ3n) is 4.90. The quantitative estimate of drug-likeness (QED) is 0.743. The van der Waals surface area contributed by atoms with Gasteiger partial charge in [0.25, 0.3) is 5.91 Å². The van der Waals surface area contributed by atoms with Crippen LogP contribution in [0, 0.1) is 0 Å². The van der Waals surface area contributed by atoms with Gasteiger partial charge in [0.15, 0.2) is 0 Å². The lowest BCUT2D eigenvalue weighted by Crippen LogP contribution is -2.42. The van der Waals surface area contributed by atoms with Crippen molar-refractivity contribution in [3.63, 3.8) is 0 Å². The molecular formula is C21H22N2O2S.